The molecule has 1 saturated carbocycles. The average Bonchev–Trinajstić information content (AvgIpc) is 2.83. The largest absolute Gasteiger partial charge is 0.468 e. The van der Waals surface area contributed by atoms with Crippen LogP contribution in [-0.2, 0) is 19.1 Å². The molecule has 0 aliphatic heterocycles. The predicted octanol–water partition coefficient (Wildman–Crippen LogP) is 3.86. The molecule has 0 radical (unpaired) electrons. The van der Waals surface area contributed by atoms with E-state index in [2.05, 4.69) is 19.9 Å². The number of alkyl halides is 1. The molecule has 5 heteroatoms. The highest BCUT2D eigenvalue weighted by Gasteiger charge is 2.49. The van der Waals surface area contributed by atoms with Gasteiger partial charge in [-0.3, -0.25) is 9.59 Å². The van der Waals surface area contributed by atoms with Gasteiger partial charge in [0.25, 0.3) is 0 Å². The van der Waals surface area contributed by atoms with Crippen LogP contribution in [0.2, 0.25) is 0 Å². The lowest BCUT2D eigenvalue weighted by atomic mass is 9.63. The number of hydrogen-bond acceptors (Lipinski definition) is 4. The molecule has 2 rings (SSSR count). The molecule has 0 saturated heterocycles. The van der Waals surface area contributed by atoms with Crippen LogP contribution in [0.4, 0.5) is 0 Å². The van der Waals surface area contributed by atoms with Gasteiger partial charge in [-0.05, 0) is 43.4 Å². The van der Waals surface area contributed by atoms with E-state index in [4.69, 9.17) is 21.1 Å². The lowest BCUT2D eigenvalue weighted by Crippen LogP contribution is -2.41. The third kappa shape index (κ3) is 3.73. The first kappa shape index (κ1) is 18.3. The molecule has 0 N–H and O–H groups in total. The van der Waals surface area contributed by atoms with Crippen molar-refractivity contribution in [1.82, 2.24) is 0 Å². The van der Waals surface area contributed by atoms with Gasteiger partial charge in [0.2, 0.25) is 0 Å². The van der Waals surface area contributed by atoms with Gasteiger partial charge >= 0.3 is 11.9 Å². The van der Waals surface area contributed by atoms with Crippen LogP contribution in [0.25, 0.3) is 0 Å². The van der Waals surface area contributed by atoms with Crippen molar-refractivity contribution in [3.05, 3.63) is 11.6 Å². The van der Waals surface area contributed by atoms with Crippen molar-refractivity contribution in [1.29, 1.82) is 0 Å². The molecule has 0 amide bonds. The van der Waals surface area contributed by atoms with Crippen LogP contribution < -0.4 is 0 Å². The molecule has 0 spiro atoms. The van der Waals surface area contributed by atoms with Crippen LogP contribution in [0.3, 0.4) is 0 Å². The smallest absolute Gasteiger partial charge is 0.323 e. The number of carbonyl (C=O) groups excluding carboxylic acids is 2. The fourth-order valence-corrected chi connectivity index (χ4v) is 4.86. The SMILES string of the molecule is COC(=O)C(Cl)CC(C)C1=CCC2C(OC(C)=O)CCCC12C. The van der Waals surface area contributed by atoms with Gasteiger partial charge in [0.15, 0.2) is 0 Å². The number of fused-ring (bicyclic) bond motifs is 1. The number of ether oxygens (including phenoxy) is 2. The van der Waals surface area contributed by atoms with Gasteiger partial charge in [0.1, 0.15) is 11.5 Å². The highest BCUT2D eigenvalue weighted by molar-refractivity contribution is 6.29. The van der Waals surface area contributed by atoms with E-state index in [1.807, 2.05) is 0 Å². The van der Waals surface area contributed by atoms with Crippen molar-refractivity contribution in [2.45, 2.75) is 64.4 Å². The number of methoxy groups -OCH3 is 1. The van der Waals surface area contributed by atoms with Gasteiger partial charge in [-0.2, -0.15) is 0 Å². The molecule has 5 atom stereocenters. The first-order valence-electron chi connectivity index (χ1n) is 8.39. The number of rotatable bonds is 5. The summed E-state index contributed by atoms with van der Waals surface area (Å²) in [7, 11) is 1.36. The van der Waals surface area contributed by atoms with Gasteiger partial charge in [-0.1, -0.05) is 25.5 Å². The molecule has 2 aliphatic rings. The van der Waals surface area contributed by atoms with Crippen LogP contribution in [-0.4, -0.2) is 30.5 Å². The molecule has 0 aromatic carbocycles. The van der Waals surface area contributed by atoms with E-state index in [1.165, 1.54) is 19.6 Å². The monoisotopic (exact) mass is 342 g/mol. The second kappa shape index (κ2) is 7.25. The first-order valence-corrected chi connectivity index (χ1v) is 8.83. The lowest BCUT2D eigenvalue weighted by molar-refractivity contribution is -0.154. The molecule has 4 nitrogen and oxygen atoms in total. The van der Waals surface area contributed by atoms with Gasteiger partial charge in [-0.15, -0.1) is 11.6 Å². The van der Waals surface area contributed by atoms with Crippen LogP contribution in [0.5, 0.6) is 0 Å². The Kier molecular flexibility index (Phi) is 5.77. The molecule has 5 unspecified atom stereocenters. The summed E-state index contributed by atoms with van der Waals surface area (Å²) in [6, 6.07) is 0. The Hall–Kier alpha value is -1.03. The van der Waals surface area contributed by atoms with E-state index >= 15 is 0 Å². The Bertz CT molecular complexity index is 501. The van der Waals surface area contributed by atoms with Crippen LogP contribution in [0.1, 0.15) is 52.9 Å². The minimum absolute atomic E-state index is 0.000365. The standard InChI is InChI=1S/C18H27ClO4/c1-11(10-15(19)17(21)22-4)13-7-8-14-16(23-12(2)20)6-5-9-18(13,14)3/h7,11,14-16H,5-6,8-10H2,1-4H3. The Morgan fingerprint density at radius 3 is 2.78 bits per heavy atom. The highest BCUT2D eigenvalue weighted by Crippen LogP contribution is 2.55. The van der Waals surface area contributed by atoms with Gasteiger partial charge in [0.05, 0.1) is 7.11 Å². The van der Waals surface area contributed by atoms with Gasteiger partial charge in [0, 0.05) is 12.8 Å². The van der Waals surface area contributed by atoms with Crippen molar-refractivity contribution >= 4 is 23.5 Å². The summed E-state index contributed by atoms with van der Waals surface area (Å²) in [6.07, 6.45) is 6.86. The Morgan fingerprint density at radius 2 is 2.17 bits per heavy atom. The second-order valence-corrected chi connectivity index (χ2v) is 7.61. The molecule has 0 bridgehead atoms. The maximum absolute atomic E-state index is 11.6. The quantitative estimate of drug-likeness (QED) is 0.432. The second-order valence-electron chi connectivity index (χ2n) is 7.09. The summed E-state index contributed by atoms with van der Waals surface area (Å²) < 4.78 is 10.3. The Morgan fingerprint density at radius 1 is 1.48 bits per heavy atom. The topological polar surface area (TPSA) is 52.6 Å². The number of allylic oxidation sites excluding steroid dienone is 2. The zero-order chi connectivity index (χ0) is 17.2. The Labute approximate surface area is 143 Å². The molecule has 0 heterocycles. The highest BCUT2D eigenvalue weighted by atomic mass is 35.5. The third-order valence-electron chi connectivity index (χ3n) is 5.57. The Balaban J connectivity index is 2.09. The number of carbonyl (C=O) groups is 2. The van der Waals surface area contributed by atoms with E-state index < -0.39 is 5.38 Å². The minimum Gasteiger partial charge on any atom is -0.468 e. The molecule has 1 fully saturated rings. The number of halogens is 1. The first-order chi connectivity index (χ1) is 10.8. The molecular formula is C18H27ClO4. The maximum atomic E-state index is 11.6. The number of hydrogen-bond donors (Lipinski definition) is 0. The summed E-state index contributed by atoms with van der Waals surface area (Å²) in [4.78, 5) is 22.9. The fraction of sp³-hybridized carbons (Fsp3) is 0.778. The zero-order valence-electron chi connectivity index (χ0n) is 14.4. The summed E-state index contributed by atoms with van der Waals surface area (Å²) >= 11 is 6.15. The lowest BCUT2D eigenvalue weighted by Gasteiger charge is -2.44. The van der Waals surface area contributed by atoms with E-state index in [0.29, 0.717) is 12.3 Å². The zero-order valence-corrected chi connectivity index (χ0v) is 15.2. The molecule has 0 aromatic rings. The van der Waals surface area contributed by atoms with Gasteiger partial charge < -0.3 is 9.47 Å². The fourth-order valence-electron chi connectivity index (χ4n) is 4.50. The van der Waals surface area contributed by atoms with Crippen molar-refractivity contribution < 1.29 is 19.1 Å². The van der Waals surface area contributed by atoms with Crippen LogP contribution >= 0.6 is 11.6 Å². The molecule has 130 valence electrons. The summed E-state index contributed by atoms with van der Waals surface area (Å²) in [5.41, 5.74) is 1.39. The van der Waals surface area contributed by atoms with E-state index in [0.717, 1.165) is 25.7 Å². The maximum Gasteiger partial charge on any atom is 0.323 e. The summed E-state index contributed by atoms with van der Waals surface area (Å²) in [6.45, 7) is 5.86. The van der Waals surface area contributed by atoms with Crippen LogP contribution in [0, 0.1) is 17.3 Å². The molecule has 23 heavy (non-hydrogen) atoms. The third-order valence-corrected chi connectivity index (χ3v) is 5.93. The molecule has 0 aromatic heterocycles. The van der Waals surface area contributed by atoms with Crippen molar-refractivity contribution in [3.8, 4) is 0 Å². The van der Waals surface area contributed by atoms with E-state index in [1.54, 1.807) is 0 Å². The molecule has 2 aliphatic carbocycles. The molecular weight excluding hydrogens is 316 g/mol. The van der Waals surface area contributed by atoms with Crippen molar-refractivity contribution in [2.75, 3.05) is 7.11 Å². The number of esters is 2. The van der Waals surface area contributed by atoms with Crippen molar-refractivity contribution in [3.63, 3.8) is 0 Å². The van der Waals surface area contributed by atoms with Crippen LogP contribution in [0.15, 0.2) is 11.6 Å². The normalized spacial score (nSPS) is 32.5. The summed E-state index contributed by atoms with van der Waals surface area (Å²) in [5.74, 6) is -0.0281. The predicted molar refractivity (Wildman–Crippen MR) is 89.1 cm³/mol. The average molecular weight is 343 g/mol. The van der Waals surface area contributed by atoms with Crippen molar-refractivity contribution in [2.24, 2.45) is 17.3 Å². The van der Waals surface area contributed by atoms with E-state index in [9.17, 15) is 9.59 Å². The summed E-state index contributed by atoms with van der Waals surface area (Å²) in [5, 5.41) is -0.619. The minimum atomic E-state index is -0.619. The van der Waals surface area contributed by atoms with E-state index in [-0.39, 0.29) is 29.4 Å². The van der Waals surface area contributed by atoms with Gasteiger partial charge in [-0.25, -0.2) is 0 Å².